The lowest BCUT2D eigenvalue weighted by Gasteiger charge is -2.05. The fourth-order valence-corrected chi connectivity index (χ4v) is 2.34. The van der Waals surface area contributed by atoms with Crippen molar-refractivity contribution in [2.45, 2.75) is 0 Å². The van der Waals surface area contributed by atoms with Gasteiger partial charge in [0.25, 0.3) is 5.89 Å². The molecule has 128 valence electrons. The molecule has 1 N–H and O–H groups in total. The molecule has 2 aromatic carbocycles. The molecular weight excluding hydrogens is 322 g/mol. The van der Waals surface area contributed by atoms with Gasteiger partial charge in [-0.3, -0.25) is 4.79 Å². The minimum absolute atomic E-state index is 0.00954. The van der Waals surface area contributed by atoms with Gasteiger partial charge in [0, 0.05) is 18.4 Å². The van der Waals surface area contributed by atoms with Gasteiger partial charge in [0.1, 0.15) is 12.4 Å². The van der Waals surface area contributed by atoms with Gasteiger partial charge in [0.05, 0.1) is 12.7 Å². The molecule has 7 nitrogen and oxygen atoms in total. The molecule has 3 rings (SSSR count). The normalized spacial score (nSPS) is 10.5. The van der Waals surface area contributed by atoms with E-state index in [0.717, 1.165) is 5.56 Å². The Hall–Kier alpha value is -3.19. The number of nitrogens with zero attached hydrogens (tertiary/aromatic N) is 2. The summed E-state index contributed by atoms with van der Waals surface area (Å²) in [5.41, 5.74) is 2.07. The molecule has 0 aliphatic rings. The van der Waals surface area contributed by atoms with E-state index in [-0.39, 0.29) is 12.5 Å². The Morgan fingerprint density at radius 2 is 2.00 bits per heavy atom. The van der Waals surface area contributed by atoms with Crippen LogP contribution >= 0.6 is 0 Å². The molecule has 0 radical (unpaired) electrons. The SMILES string of the molecule is COCC(=O)Nc1cccc(-c2noc(-c3ccccc3OC)n2)c1. The molecule has 0 unspecified atom stereocenters. The number of aromatic nitrogens is 2. The maximum Gasteiger partial charge on any atom is 0.262 e. The van der Waals surface area contributed by atoms with Crippen molar-refractivity contribution in [3.8, 4) is 28.6 Å². The average Bonchev–Trinajstić information content (AvgIpc) is 3.12. The van der Waals surface area contributed by atoms with Crippen LogP contribution in [-0.4, -0.2) is 36.9 Å². The highest BCUT2D eigenvalue weighted by Gasteiger charge is 2.14. The third-order valence-electron chi connectivity index (χ3n) is 3.44. The number of nitrogens with one attached hydrogen (secondary N) is 1. The first kappa shape index (κ1) is 16.7. The highest BCUT2D eigenvalue weighted by Crippen LogP contribution is 2.30. The minimum atomic E-state index is -0.234. The molecule has 1 aromatic heterocycles. The third-order valence-corrected chi connectivity index (χ3v) is 3.44. The quantitative estimate of drug-likeness (QED) is 0.743. The number of carbonyl (C=O) groups is 1. The largest absolute Gasteiger partial charge is 0.496 e. The van der Waals surface area contributed by atoms with Gasteiger partial charge in [-0.2, -0.15) is 4.98 Å². The van der Waals surface area contributed by atoms with Crippen LogP contribution in [0, 0.1) is 0 Å². The second kappa shape index (κ2) is 7.59. The zero-order chi connectivity index (χ0) is 17.6. The number of para-hydroxylation sites is 1. The van der Waals surface area contributed by atoms with Crippen molar-refractivity contribution in [1.82, 2.24) is 10.1 Å². The number of amides is 1. The molecule has 1 amide bonds. The van der Waals surface area contributed by atoms with Gasteiger partial charge >= 0.3 is 0 Å². The Labute approximate surface area is 144 Å². The van der Waals surface area contributed by atoms with Crippen LogP contribution in [0.15, 0.2) is 53.1 Å². The van der Waals surface area contributed by atoms with Gasteiger partial charge < -0.3 is 19.3 Å². The van der Waals surface area contributed by atoms with Gasteiger partial charge in [-0.25, -0.2) is 0 Å². The fourth-order valence-electron chi connectivity index (χ4n) is 2.34. The number of hydrogen-bond acceptors (Lipinski definition) is 6. The lowest BCUT2D eigenvalue weighted by Crippen LogP contribution is -2.16. The van der Waals surface area contributed by atoms with E-state index in [4.69, 9.17) is 14.0 Å². The van der Waals surface area contributed by atoms with E-state index in [1.54, 1.807) is 25.3 Å². The first-order valence-electron chi connectivity index (χ1n) is 7.57. The molecule has 0 spiro atoms. The Bertz CT molecular complexity index is 876. The van der Waals surface area contributed by atoms with Crippen LogP contribution in [0.4, 0.5) is 5.69 Å². The molecule has 7 heteroatoms. The monoisotopic (exact) mass is 339 g/mol. The standard InChI is InChI=1S/C18H17N3O4/c1-23-11-16(22)19-13-7-5-6-12(10-13)17-20-18(25-21-17)14-8-3-4-9-15(14)24-2/h3-10H,11H2,1-2H3,(H,19,22). The van der Waals surface area contributed by atoms with Crippen LogP contribution in [-0.2, 0) is 9.53 Å². The van der Waals surface area contributed by atoms with Gasteiger partial charge in [-0.05, 0) is 24.3 Å². The number of hydrogen-bond donors (Lipinski definition) is 1. The fraction of sp³-hybridized carbons (Fsp3) is 0.167. The number of rotatable bonds is 6. The highest BCUT2D eigenvalue weighted by atomic mass is 16.5. The van der Waals surface area contributed by atoms with Crippen molar-refractivity contribution >= 4 is 11.6 Å². The first-order chi connectivity index (χ1) is 12.2. The van der Waals surface area contributed by atoms with Gasteiger partial charge in [-0.15, -0.1) is 0 Å². The lowest BCUT2D eigenvalue weighted by atomic mass is 10.2. The smallest absolute Gasteiger partial charge is 0.262 e. The van der Waals surface area contributed by atoms with E-state index in [0.29, 0.717) is 28.7 Å². The third kappa shape index (κ3) is 3.84. The van der Waals surface area contributed by atoms with Crippen molar-refractivity contribution in [2.24, 2.45) is 0 Å². The summed E-state index contributed by atoms with van der Waals surface area (Å²) in [6.07, 6.45) is 0. The molecule has 0 aliphatic heterocycles. The number of anilines is 1. The summed E-state index contributed by atoms with van der Waals surface area (Å²) in [4.78, 5) is 16.0. The minimum Gasteiger partial charge on any atom is -0.496 e. The number of methoxy groups -OCH3 is 2. The molecule has 0 fully saturated rings. The first-order valence-corrected chi connectivity index (χ1v) is 7.57. The van der Waals surface area contributed by atoms with Gasteiger partial charge in [-0.1, -0.05) is 29.4 Å². The maximum absolute atomic E-state index is 11.6. The maximum atomic E-state index is 11.6. The van der Waals surface area contributed by atoms with Crippen molar-refractivity contribution < 1.29 is 18.8 Å². The predicted molar refractivity (Wildman–Crippen MR) is 92.2 cm³/mol. The van der Waals surface area contributed by atoms with E-state index in [1.165, 1.54) is 7.11 Å². The summed E-state index contributed by atoms with van der Waals surface area (Å²) in [5.74, 6) is 1.20. The Balaban J connectivity index is 1.86. The van der Waals surface area contributed by atoms with Gasteiger partial charge in [0.15, 0.2) is 0 Å². The van der Waals surface area contributed by atoms with Crippen LogP contribution in [0.5, 0.6) is 5.75 Å². The number of benzene rings is 2. The summed E-state index contributed by atoms with van der Waals surface area (Å²) >= 11 is 0. The summed E-state index contributed by atoms with van der Waals surface area (Å²) in [5, 5.41) is 6.76. The van der Waals surface area contributed by atoms with Crippen LogP contribution in [0.3, 0.4) is 0 Å². The lowest BCUT2D eigenvalue weighted by molar-refractivity contribution is -0.119. The Morgan fingerprint density at radius 1 is 1.16 bits per heavy atom. The number of ether oxygens (including phenoxy) is 2. The predicted octanol–water partition coefficient (Wildman–Crippen LogP) is 3.00. The molecule has 25 heavy (non-hydrogen) atoms. The van der Waals surface area contributed by atoms with Gasteiger partial charge in [0.2, 0.25) is 11.7 Å². The molecular formula is C18H17N3O4. The zero-order valence-electron chi connectivity index (χ0n) is 13.9. The van der Waals surface area contributed by atoms with Crippen LogP contribution in [0.1, 0.15) is 0 Å². The highest BCUT2D eigenvalue weighted by molar-refractivity contribution is 5.92. The summed E-state index contributed by atoms with van der Waals surface area (Å²) < 4.78 is 15.5. The summed E-state index contributed by atoms with van der Waals surface area (Å²) in [7, 11) is 3.05. The van der Waals surface area contributed by atoms with E-state index >= 15 is 0 Å². The van der Waals surface area contributed by atoms with Crippen LogP contribution in [0.25, 0.3) is 22.8 Å². The molecule has 0 saturated heterocycles. The molecule has 0 saturated carbocycles. The van der Waals surface area contributed by atoms with E-state index in [9.17, 15) is 4.79 Å². The molecule has 0 bridgehead atoms. The average molecular weight is 339 g/mol. The molecule has 0 atom stereocenters. The molecule has 1 heterocycles. The Kier molecular flexibility index (Phi) is 5.06. The van der Waals surface area contributed by atoms with Crippen LogP contribution in [0.2, 0.25) is 0 Å². The van der Waals surface area contributed by atoms with Crippen molar-refractivity contribution in [3.63, 3.8) is 0 Å². The second-order valence-corrected chi connectivity index (χ2v) is 5.19. The van der Waals surface area contributed by atoms with Crippen molar-refractivity contribution in [3.05, 3.63) is 48.5 Å². The topological polar surface area (TPSA) is 86.5 Å². The second-order valence-electron chi connectivity index (χ2n) is 5.19. The summed E-state index contributed by atoms with van der Waals surface area (Å²) in [6.45, 7) is -0.00954. The molecule has 3 aromatic rings. The summed E-state index contributed by atoms with van der Waals surface area (Å²) in [6, 6.07) is 14.6. The van der Waals surface area contributed by atoms with Crippen molar-refractivity contribution in [2.75, 3.05) is 26.1 Å². The molecule has 0 aliphatic carbocycles. The van der Waals surface area contributed by atoms with E-state index < -0.39 is 0 Å². The zero-order valence-corrected chi connectivity index (χ0v) is 13.9. The van der Waals surface area contributed by atoms with Crippen LogP contribution < -0.4 is 10.1 Å². The van der Waals surface area contributed by atoms with E-state index in [1.807, 2.05) is 30.3 Å². The van der Waals surface area contributed by atoms with Crippen molar-refractivity contribution in [1.29, 1.82) is 0 Å². The Morgan fingerprint density at radius 3 is 2.80 bits per heavy atom. The number of carbonyl (C=O) groups excluding carboxylic acids is 1. The van der Waals surface area contributed by atoms with E-state index in [2.05, 4.69) is 15.5 Å².